The first kappa shape index (κ1) is 119. The molecule has 0 aromatic heterocycles. The monoisotopic (exact) mass is 2010 g/mol. The van der Waals surface area contributed by atoms with E-state index in [-0.39, 0.29) is 119 Å². The van der Waals surface area contributed by atoms with E-state index in [1.165, 1.54) is 13.8 Å². The summed E-state index contributed by atoms with van der Waals surface area (Å²) in [7, 11) is 16.4. The Morgan fingerprint density at radius 1 is 0.500 bits per heavy atom. The summed E-state index contributed by atoms with van der Waals surface area (Å²) in [6, 6.07) is -1.41. The summed E-state index contributed by atoms with van der Waals surface area (Å²) in [6.07, 6.45) is -6.48. The van der Waals surface area contributed by atoms with Gasteiger partial charge in [0.15, 0.2) is 48.6 Å². The molecular formula is C91H150IN2NaO37. The van der Waals surface area contributed by atoms with Crippen LogP contribution < -0.4 is 63.4 Å². The number of fused-ring (bicyclic) bond motifs is 6. The van der Waals surface area contributed by atoms with Crippen molar-refractivity contribution in [3.05, 3.63) is 47.6 Å². The minimum Gasteiger partial charge on any atom is -0.462 e. The topological polar surface area (TPSA) is 502 Å². The summed E-state index contributed by atoms with van der Waals surface area (Å²) < 4.78 is 169. The molecule has 8 rings (SSSR count). The van der Waals surface area contributed by atoms with Gasteiger partial charge in [0, 0.05) is 105 Å². The van der Waals surface area contributed by atoms with Gasteiger partial charge >= 0.3 is 53.4 Å². The third kappa shape index (κ3) is 35.3. The van der Waals surface area contributed by atoms with E-state index in [0.717, 1.165) is 11.1 Å². The minimum atomic E-state index is -5.94. The minimum absolute atomic E-state index is 0. The van der Waals surface area contributed by atoms with Crippen LogP contribution >= 0.6 is 0 Å². The Labute approximate surface area is 806 Å². The number of hydrogen-bond acceptors (Lipinski definition) is 39. The van der Waals surface area contributed by atoms with Crippen molar-refractivity contribution in [3.63, 3.8) is 0 Å². The van der Waals surface area contributed by atoms with Crippen molar-refractivity contribution in [1.29, 1.82) is 0 Å². The van der Waals surface area contributed by atoms with Crippen molar-refractivity contribution in [2.45, 2.75) is 313 Å². The summed E-state index contributed by atoms with van der Waals surface area (Å²) in [4.78, 5) is 97.9. The first-order chi connectivity index (χ1) is 61.7. The van der Waals surface area contributed by atoms with Gasteiger partial charge in [0.05, 0.1) is 113 Å². The zero-order valence-electron chi connectivity index (χ0n) is 81.6. The van der Waals surface area contributed by atoms with Crippen LogP contribution in [0.4, 0.5) is 0 Å². The molecule has 132 heavy (non-hydrogen) atoms. The second-order valence-electron chi connectivity index (χ2n) is 36.0. The second-order valence-corrected chi connectivity index (χ2v) is 38.2. The molecule has 754 valence electrons. The molecule has 0 radical (unpaired) electrons. The van der Waals surface area contributed by atoms with Crippen LogP contribution in [0.1, 0.15) is 148 Å². The molecule has 4 N–H and O–H groups in total. The number of cyclic esters (lactones) is 2. The number of ketones is 3. The Morgan fingerprint density at radius 3 is 1.30 bits per heavy atom. The quantitative estimate of drug-likeness (QED) is 0.0322. The third-order valence-corrected chi connectivity index (χ3v) is 25.6. The van der Waals surface area contributed by atoms with Gasteiger partial charge in [-0.3, -0.25) is 52.2 Å². The van der Waals surface area contributed by atoms with Crippen molar-refractivity contribution in [3.8, 4) is 0 Å². The molecule has 0 aromatic carbocycles. The van der Waals surface area contributed by atoms with E-state index in [1.807, 2.05) is 81.4 Å². The molecule has 8 heterocycles. The molecule has 0 aromatic rings. The molecule has 6 saturated heterocycles. The fourth-order valence-electron chi connectivity index (χ4n) is 18.6. The van der Waals surface area contributed by atoms with Gasteiger partial charge < -0.3 is 130 Å². The van der Waals surface area contributed by atoms with Gasteiger partial charge in [-0.2, -0.15) is 0 Å². The van der Waals surface area contributed by atoms with Crippen LogP contribution in [0.25, 0.3) is 0 Å². The maximum atomic E-state index is 14.3. The number of ether oxygens (including phenoxy) is 22. The molecule has 0 spiro atoms. The predicted octanol–water partition coefficient (Wildman–Crippen LogP) is -5.17. The molecular weight excluding hydrogens is 1860 g/mol. The molecule has 6 fully saturated rings. The van der Waals surface area contributed by atoms with E-state index < -0.39 is 257 Å². The number of carbonyl (C=O) groups excluding carboxylic acids is 7. The molecule has 8 aliphatic heterocycles. The fraction of sp³-hybridized carbons (Fsp3) is 0.835. The Kier molecular flexibility index (Phi) is 51.7. The molecule has 5 unspecified atom stereocenters. The molecule has 4 bridgehead atoms. The molecule has 8 aliphatic rings. The van der Waals surface area contributed by atoms with Crippen molar-refractivity contribution < 1.29 is 222 Å². The van der Waals surface area contributed by atoms with E-state index in [0.29, 0.717) is 38.5 Å². The summed E-state index contributed by atoms with van der Waals surface area (Å²) in [6.45, 7) is 23.2. The number of esters is 4. The Hall–Kier alpha value is -3.54. The maximum Gasteiger partial charge on any atom is 1.00 e. The summed E-state index contributed by atoms with van der Waals surface area (Å²) >= 11 is -5.94. The van der Waals surface area contributed by atoms with E-state index in [4.69, 9.17) is 118 Å². The van der Waals surface area contributed by atoms with Gasteiger partial charge in [0.2, 0.25) is 0 Å². The Bertz CT molecular complexity index is 3630. The number of halogens is 1. The summed E-state index contributed by atoms with van der Waals surface area (Å²) in [5, 5.41) is 44.1. The number of aliphatic hydroxyl groups is 4. The van der Waals surface area contributed by atoms with E-state index in [2.05, 4.69) is 0 Å². The molecule has 41 heteroatoms. The van der Waals surface area contributed by atoms with Crippen molar-refractivity contribution in [2.75, 3.05) is 130 Å². The molecule has 0 aliphatic carbocycles. The maximum absolute atomic E-state index is 14.3. The number of carbonyl (C=O) groups is 7. The van der Waals surface area contributed by atoms with Crippen LogP contribution in [0, 0.1) is 47.3 Å². The van der Waals surface area contributed by atoms with E-state index >= 15 is 0 Å². The van der Waals surface area contributed by atoms with Gasteiger partial charge in [-0.1, -0.05) is 77.0 Å². The second kappa shape index (κ2) is 57.4. The Balaban J connectivity index is 0.000000442. The first-order valence-electron chi connectivity index (χ1n) is 45.2. The van der Waals surface area contributed by atoms with Crippen LogP contribution in [0.2, 0.25) is 0 Å². The number of likely N-dealkylation sites (N-methyl/N-ethyl adjacent to an activating group) is 2. The zero-order chi connectivity index (χ0) is 97.8. The van der Waals surface area contributed by atoms with E-state index in [1.54, 1.807) is 119 Å². The third-order valence-electron chi connectivity index (χ3n) is 25.6. The van der Waals surface area contributed by atoms with Gasteiger partial charge in [0.25, 0.3) is 0 Å². The molecule has 0 amide bonds. The van der Waals surface area contributed by atoms with Crippen molar-refractivity contribution in [2.24, 2.45) is 47.3 Å². The summed E-state index contributed by atoms with van der Waals surface area (Å²) in [5.41, 5.74) is -0.292. The SMILES string of the molecule is CC[C@H]1OC(=O)C[C@H]2OCC(=O)COCC[C@@H](C[C@@H](C)C(=O)/C=C/C(C)=C/[C@@H]1COC1O[C@H](C)[C@@H](OC)[C@@H](OC)[C@H]1OC)[C@H](OC1O[C@H](C)[C@@H](OC(C)=O)[C@H](N(C)C)[C@H]1OC(C)=O)[C@H]2C.CC[C@H]1OC(=O)C[C@H]2OCC(O)(CO)COCC[C@@H](C[C@@H](C)C(=O)/C=C/C(C)=C/[C@@H]1COC1O[C@H](C)[C@@H](OC)[C@@H](OC)[C@H]1OC)[C@H](OC1O[C@H](C)[C@@H](O)[C@H](N(C)C)[C@H]1O)[C@H]2C.[Na+].[O-][I+3]([O-])([O-])[O-]. The largest absolute Gasteiger partial charge is 1.00 e. The average molecular weight is 2010 g/mol. The van der Waals surface area contributed by atoms with Gasteiger partial charge in [-0.15, -0.1) is 0 Å². The predicted molar refractivity (Wildman–Crippen MR) is 454 cm³/mol. The Morgan fingerprint density at radius 2 is 0.894 bits per heavy atom. The van der Waals surface area contributed by atoms with E-state index in [9.17, 15) is 54.0 Å². The van der Waals surface area contributed by atoms with Crippen LogP contribution in [-0.2, 0) is 138 Å². The molecule has 35 atom stereocenters. The van der Waals surface area contributed by atoms with Crippen LogP contribution in [0.5, 0.6) is 0 Å². The average Bonchev–Trinajstić information content (AvgIpc) is 0.816. The molecule has 39 nitrogen and oxygen atoms in total. The van der Waals surface area contributed by atoms with Crippen molar-refractivity contribution in [1.82, 2.24) is 9.80 Å². The number of hydrogen-bond donors (Lipinski definition) is 4. The number of aliphatic hydroxyl groups excluding tert-OH is 3. The number of nitrogens with zero attached hydrogens (tertiary/aromatic N) is 2. The van der Waals surface area contributed by atoms with Crippen LogP contribution in [-0.4, -0.2) is 367 Å². The van der Waals surface area contributed by atoms with Gasteiger partial charge in [-0.05, 0) is 132 Å². The van der Waals surface area contributed by atoms with Crippen LogP contribution in [0.3, 0.4) is 0 Å². The summed E-state index contributed by atoms with van der Waals surface area (Å²) in [5.74, 6) is -7.05. The normalized spacial score (nSPS) is 40.4. The van der Waals surface area contributed by atoms with Gasteiger partial charge in [-0.25, -0.2) is 0 Å². The fourth-order valence-corrected chi connectivity index (χ4v) is 18.6. The zero-order valence-corrected chi connectivity index (χ0v) is 85.8. The van der Waals surface area contributed by atoms with Crippen molar-refractivity contribution >= 4 is 41.2 Å². The molecule has 0 saturated carbocycles. The number of allylic oxidation sites excluding steroid dienone is 6. The number of rotatable bonds is 23. The smallest absolute Gasteiger partial charge is 0.462 e. The van der Waals surface area contributed by atoms with Gasteiger partial charge in [0.1, 0.15) is 99.9 Å². The number of methoxy groups -OCH3 is 6. The first-order valence-corrected chi connectivity index (χ1v) is 48.7. The number of Topliss-reactive ketones (excluding diaryl/α,β-unsaturated/α-hetero) is 1. The van der Waals surface area contributed by atoms with Crippen LogP contribution in [0.15, 0.2) is 47.6 Å². The standard InChI is InChI=1S/C47H75NO17.C44H75NO16.IO4.Na/c1-14-36-33(22-59-46-45(56-13)44(55-12)42(54-11)29(6)60-46)19-25(2)15-16-35(52)26(3)20-32-17-18-57-23-34(51)24-58-37(21-38(53)64-36)27(4)40(32)65-47-43(63-31(8)50)39(48(9)10)41(28(5)61-47)62-30(7)49;1-12-32-30(20-56-43-41(54-11)40(53-10)39(52-9)28(6)59-43)17-24(2)13-14-31(47)25(3)18-29-15-16-55-22-44(51,21-46)23-57-33(19-34(48)60-32)26(4)38(29)61-42-37(50)35(45(7)8)36(49)27(5)58-42;2-1(3,4)5;/h15-16,19,26-29,32-33,36-37,39-47H,14,17-18,20-24H2,1-13H3;13-14,17,25-30,32-33,35-43,46,49-51H,12,15-16,18-23H2,1-11H3;;/q;;-1;+1/b16-15+,25-19+;14-13+,24-17+;;/t26-,27+,28-,29-,32+,33-,36-,37-,39+,40-,41-,42-,43-,44-,45-,46?,47?;25-,26+,27-,28-,29+,30-,32-,33-,35+,36-,37-,38-,39-,40-,41-,42?,43?,44?;;/m11../s1.